The number of likely N-dealkylation sites (tertiary alicyclic amines) is 2. The molecule has 2 aliphatic rings. The fourth-order valence-corrected chi connectivity index (χ4v) is 2.87. The molecule has 0 aromatic carbocycles. The zero-order valence-electron chi connectivity index (χ0n) is 11.8. The highest BCUT2D eigenvalue weighted by atomic mass is 16.2. The summed E-state index contributed by atoms with van der Waals surface area (Å²) < 4.78 is 0. The van der Waals surface area contributed by atoms with Gasteiger partial charge in [0.15, 0.2) is 0 Å². The average Bonchev–Trinajstić information content (AvgIpc) is 2.90. The van der Waals surface area contributed by atoms with E-state index in [4.69, 9.17) is 0 Å². The van der Waals surface area contributed by atoms with Crippen LogP contribution in [0.1, 0.15) is 39.5 Å². The van der Waals surface area contributed by atoms with Crippen LogP contribution in [0, 0.1) is 5.92 Å². The van der Waals surface area contributed by atoms with Gasteiger partial charge in [-0.3, -0.25) is 4.90 Å². The van der Waals surface area contributed by atoms with Crippen LogP contribution in [0.4, 0.5) is 4.79 Å². The number of urea groups is 1. The van der Waals surface area contributed by atoms with Gasteiger partial charge in [0.2, 0.25) is 0 Å². The Hall–Kier alpha value is -0.770. The second-order valence-corrected chi connectivity index (χ2v) is 5.95. The molecule has 0 saturated carbocycles. The molecule has 0 spiro atoms. The van der Waals surface area contributed by atoms with E-state index in [1.54, 1.807) is 0 Å². The summed E-state index contributed by atoms with van der Waals surface area (Å²) >= 11 is 0. The molecule has 1 atom stereocenters. The Morgan fingerprint density at radius 2 is 1.83 bits per heavy atom. The van der Waals surface area contributed by atoms with Crippen LogP contribution >= 0.6 is 0 Å². The predicted molar refractivity (Wildman–Crippen MR) is 73.6 cm³/mol. The summed E-state index contributed by atoms with van der Waals surface area (Å²) in [6.07, 6.45) is 4.91. The number of rotatable bonds is 3. The Balaban J connectivity index is 1.67. The number of amides is 2. The van der Waals surface area contributed by atoms with E-state index < -0.39 is 0 Å². The molecule has 2 amide bonds. The number of hydrogen-bond donors (Lipinski definition) is 1. The van der Waals surface area contributed by atoms with Gasteiger partial charge in [-0.2, -0.15) is 0 Å². The Kier molecular flexibility index (Phi) is 4.87. The van der Waals surface area contributed by atoms with Crippen molar-refractivity contribution in [3.8, 4) is 0 Å². The van der Waals surface area contributed by atoms with Gasteiger partial charge in [-0.15, -0.1) is 0 Å². The molecule has 0 bridgehead atoms. The third-order valence-electron chi connectivity index (χ3n) is 4.38. The molecule has 1 N–H and O–H groups in total. The number of piperidine rings is 1. The number of nitrogens with zero attached hydrogens (tertiary/aromatic N) is 2. The normalized spacial score (nSPS) is 24.2. The second kappa shape index (κ2) is 6.41. The quantitative estimate of drug-likeness (QED) is 0.834. The van der Waals surface area contributed by atoms with Crippen molar-refractivity contribution in [3.05, 3.63) is 0 Å². The van der Waals surface area contributed by atoms with E-state index in [9.17, 15) is 4.79 Å². The van der Waals surface area contributed by atoms with Crippen LogP contribution in [0.25, 0.3) is 0 Å². The smallest absolute Gasteiger partial charge is 0.317 e. The van der Waals surface area contributed by atoms with Crippen LogP contribution in [0.5, 0.6) is 0 Å². The summed E-state index contributed by atoms with van der Waals surface area (Å²) in [5.41, 5.74) is 0. The molecule has 2 rings (SSSR count). The first kappa shape index (κ1) is 13.7. The predicted octanol–water partition coefficient (Wildman–Crippen LogP) is 1.91. The van der Waals surface area contributed by atoms with E-state index in [1.807, 2.05) is 4.90 Å². The van der Waals surface area contributed by atoms with Crippen LogP contribution in [-0.2, 0) is 0 Å². The summed E-state index contributed by atoms with van der Waals surface area (Å²) in [6.45, 7) is 9.56. The molecule has 104 valence electrons. The van der Waals surface area contributed by atoms with Gasteiger partial charge in [-0.05, 0) is 51.6 Å². The highest BCUT2D eigenvalue weighted by Crippen LogP contribution is 2.17. The molecule has 18 heavy (non-hydrogen) atoms. The van der Waals surface area contributed by atoms with Gasteiger partial charge < -0.3 is 10.2 Å². The topological polar surface area (TPSA) is 35.6 Å². The largest absolute Gasteiger partial charge is 0.336 e. The van der Waals surface area contributed by atoms with Crippen molar-refractivity contribution in [1.29, 1.82) is 0 Å². The van der Waals surface area contributed by atoms with E-state index in [-0.39, 0.29) is 6.03 Å². The summed E-state index contributed by atoms with van der Waals surface area (Å²) in [4.78, 5) is 16.3. The molecule has 2 fully saturated rings. The van der Waals surface area contributed by atoms with Crippen molar-refractivity contribution in [2.75, 3.05) is 32.7 Å². The monoisotopic (exact) mass is 253 g/mol. The molecule has 2 heterocycles. The maximum absolute atomic E-state index is 11.9. The molecule has 0 aromatic heterocycles. The molecule has 2 saturated heterocycles. The number of hydrogen-bond acceptors (Lipinski definition) is 2. The first-order chi connectivity index (χ1) is 8.66. The first-order valence-corrected chi connectivity index (χ1v) is 7.43. The SMILES string of the molecule is CC1CCN(C(C)CNC(=O)N2CCCC2)CC1. The van der Waals surface area contributed by atoms with Crippen LogP contribution < -0.4 is 5.32 Å². The standard InChI is InChI=1S/C14H27N3O/c1-12-5-9-16(10-6-12)13(2)11-15-14(18)17-7-3-4-8-17/h12-13H,3-11H2,1-2H3,(H,15,18). The lowest BCUT2D eigenvalue weighted by Crippen LogP contribution is -2.48. The van der Waals surface area contributed by atoms with E-state index in [0.29, 0.717) is 6.04 Å². The average molecular weight is 253 g/mol. The molecule has 1 unspecified atom stereocenters. The zero-order valence-corrected chi connectivity index (χ0v) is 11.8. The minimum absolute atomic E-state index is 0.129. The van der Waals surface area contributed by atoms with Crippen LogP contribution in [0.3, 0.4) is 0 Å². The number of carbonyl (C=O) groups excluding carboxylic acids is 1. The minimum atomic E-state index is 0.129. The number of nitrogens with one attached hydrogen (secondary N) is 1. The van der Waals surface area contributed by atoms with Crippen LogP contribution in [-0.4, -0.2) is 54.6 Å². The van der Waals surface area contributed by atoms with Gasteiger partial charge >= 0.3 is 6.03 Å². The second-order valence-electron chi connectivity index (χ2n) is 5.95. The summed E-state index contributed by atoms with van der Waals surface area (Å²) in [6, 6.07) is 0.591. The van der Waals surface area contributed by atoms with E-state index in [1.165, 1.54) is 25.9 Å². The Labute approximate surface area is 111 Å². The van der Waals surface area contributed by atoms with Crippen molar-refractivity contribution < 1.29 is 4.79 Å². The molecule has 4 nitrogen and oxygen atoms in total. The lowest BCUT2D eigenvalue weighted by molar-refractivity contribution is 0.143. The van der Waals surface area contributed by atoms with E-state index >= 15 is 0 Å². The summed E-state index contributed by atoms with van der Waals surface area (Å²) in [7, 11) is 0. The highest BCUT2D eigenvalue weighted by molar-refractivity contribution is 5.74. The van der Waals surface area contributed by atoms with Gasteiger partial charge in [-0.25, -0.2) is 4.79 Å². The zero-order chi connectivity index (χ0) is 13.0. The lowest BCUT2D eigenvalue weighted by Gasteiger charge is -2.35. The molecular weight excluding hydrogens is 226 g/mol. The van der Waals surface area contributed by atoms with Gasteiger partial charge in [0, 0.05) is 25.7 Å². The van der Waals surface area contributed by atoms with Crippen LogP contribution in [0.15, 0.2) is 0 Å². The van der Waals surface area contributed by atoms with Crippen molar-refractivity contribution >= 4 is 6.03 Å². The maximum Gasteiger partial charge on any atom is 0.317 e. The molecule has 0 aliphatic carbocycles. The van der Waals surface area contributed by atoms with E-state index in [2.05, 4.69) is 24.1 Å². The van der Waals surface area contributed by atoms with Crippen molar-refractivity contribution in [2.24, 2.45) is 5.92 Å². The maximum atomic E-state index is 11.9. The number of carbonyl (C=O) groups is 1. The van der Waals surface area contributed by atoms with Gasteiger partial charge in [0.25, 0.3) is 0 Å². The third-order valence-corrected chi connectivity index (χ3v) is 4.38. The lowest BCUT2D eigenvalue weighted by atomic mass is 9.98. The molecule has 0 radical (unpaired) electrons. The Bertz CT molecular complexity index is 268. The van der Waals surface area contributed by atoms with Gasteiger partial charge in [-0.1, -0.05) is 6.92 Å². The van der Waals surface area contributed by atoms with Gasteiger partial charge in [0.1, 0.15) is 0 Å². The first-order valence-electron chi connectivity index (χ1n) is 7.43. The van der Waals surface area contributed by atoms with Gasteiger partial charge in [0.05, 0.1) is 0 Å². The summed E-state index contributed by atoms with van der Waals surface area (Å²) in [5, 5.41) is 3.08. The molecule has 4 heteroatoms. The summed E-state index contributed by atoms with van der Waals surface area (Å²) in [5.74, 6) is 0.868. The molecule has 2 aliphatic heterocycles. The third kappa shape index (κ3) is 3.61. The molecule has 0 aromatic rings. The fraction of sp³-hybridized carbons (Fsp3) is 0.929. The highest BCUT2D eigenvalue weighted by Gasteiger charge is 2.22. The minimum Gasteiger partial charge on any atom is -0.336 e. The Morgan fingerprint density at radius 3 is 2.44 bits per heavy atom. The van der Waals surface area contributed by atoms with Crippen molar-refractivity contribution in [1.82, 2.24) is 15.1 Å². The Morgan fingerprint density at radius 1 is 1.22 bits per heavy atom. The van der Waals surface area contributed by atoms with Crippen molar-refractivity contribution in [3.63, 3.8) is 0 Å². The molecular formula is C14H27N3O. The van der Waals surface area contributed by atoms with Crippen LogP contribution in [0.2, 0.25) is 0 Å². The van der Waals surface area contributed by atoms with Crippen molar-refractivity contribution in [2.45, 2.75) is 45.6 Å². The van der Waals surface area contributed by atoms with E-state index in [0.717, 1.165) is 38.4 Å². The fourth-order valence-electron chi connectivity index (χ4n) is 2.87.